The monoisotopic (exact) mass is 228 g/mol. The van der Waals surface area contributed by atoms with Gasteiger partial charge in [-0.15, -0.1) is 0 Å². The Hall–Kier alpha value is -0.610. The Morgan fingerprint density at radius 2 is 2.25 bits per heavy atom. The van der Waals surface area contributed by atoms with Gasteiger partial charge in [-0.3, -0.25) is 4.79 Å². The summed E-state index contributed by atoms with van der Waals surface area (Å²) in [5, 5.41) is 2.94. The molecule has 4 nitrogen and oxygen atoms in total. The lowest BCUT2D eigenvalue weighted by atomic mass is 10.1. The molecule has 94 valence electrons. The normalized spacial score (nSPS) is 21.1. The molecule has 0 bridgehead atoms. The highest BCUT2D eigenvalue weighted by molar-refractivity contribution is 5.76. The van der Waals surface area contributed by atoms with Crippen molar-refractivity contribution in [2.45, 2.75) is 38.2 Å². The van der Waals surface area contributed by atoms with Gasteiger partial charge >= 0.3 is 0 Å². The van der Waals surface area contributed by atoms with Crippen LogP contribution < -0.4 is 5.32 Å². The number of amides is 1. The number of ether oxygens (including phenoxy) is 1. The number of nitrogens with one attached hydrogen (secondary N) is 1. The van der Waals surface area contributed by atoms with Crippen LogP contribution in [0.2, 0.25) is 0 Å². The molecule has 1 N–H and O–H groups in total. The fourth-order valence-corrected chi connectivity index (χ4v) is 1.87. The largest absolute Gasteiger partial charge is 0.378 e. The summed E-state index contributed by atoms with van der Waals surface area (Å²) in [7, 11) is 4.08. The Morgan fingerprint density at radius 1 is 1.44 bits per heavy atom. The van der Waals surface area contributed by atoms with E-state index in [1.54, 1.807) is 0 Å². The Balaban J connectivity index is 2.01. The van der Waals surface area contributed by atoms with E-state index in [0.717, 1.165) is 39.0 Å². The zero-order valence-corrected chi connectivity index (χ0v) is 10.5. The molecular weight excluding hydrogens is 204 g/mol. The summed E-state index contributed by atoms with van der Waals surface area (Å²) in [5.41, 5.74) is 0. The van der Waals surface area contributed by atoms with Gasteiger partial charge in [-0.2, -0.15) is 0 Å². The minimum Gasteiger partial charge on any atom is -0.378 e. The van der Waals surface area contributed by atoms with E-state index < -0.39 is 0 Å². The number of hydrogen-bond acceptors (Lipinski definition) is 3. The van der Waals surface area contributed by atoms with Crippen molar-refractivity contribution in [3.05, 3.63) is 0 Å². The lowest BCUT2D eigenvalue weighted by Gasteiger charge is -2.22. The lowest BCUT2D eigenvalue weighted by Crippen LogP contribution is -2.32. The molecule has 1 atom stereocenters. The topological polar surface area (TPSA) is 41.6 Å². The summed E-state index contributed by atoms with van der Waals surface area (Å²) in [6.45, 7) is 2.60. The van der Waals surface area contributed by atoms with E-state index in [1.807, 2.05) is 14.1 Å². The summed E-state index contributed by atoms with van der Waals surface area (Å²) in [6.07, 6.45) is 5.05. The zero-order chi connectivity index (χ0) is 11.8. The van der Waals surface area contributed by atoms with Gasteiger partial charge in [0.1, 0.15) is 0 Å². The number of carbonyl (C=O) groups excluding carboxylic acids is 1. The predicted octanol–water partition coefficient (Wildman–Crippen LogP) is 1.01. The van der Waals surface area contributed by atoms with E-state index in [0.29, 0.717) is 6.42 Å². The van der Waals surface area contributed by atoms with Gasteiger partial charge in [0, 0.05) is 13.2 Å². The van der Waals surface area contributed by atoms with Crippen LogP contribution in [0.25, 0.3) is 0 Å². The van der Waals surface area contributed by atoms with Crippen LogP contribution in [0.1, 0.15) is 32.1 Å². The molecule has 4 heteroatoms. The molecule has 1 fully saturated rings. The number of nitrogens with zero attached hydrogens (tertiary/aromatic N) is 1. The standard InChI is InChI=1S/C12H24N2O2/c1-14(2)8-5-7-13-12(15)10-11-6-3-4-9-16-11/h11H,3-10H2,1-2H3,(H,13,15). The van der Waals surface area contributed by atoms with Crippen LogP contribution in [0.5, 0.6) is 0 Å². The fraction of sp³-hybridized carbons (Fsp3) is 0.917. The lowest BCUT2D eigenvalue weighted by molar-refractivity contribution is -0.124. The van der Waals surface area contributed by atoms with Gasteiger partial charge in [-0.25, -0.2) is 0 Å². The second-order valence-electron chi connectivity index (χ2n) is 4.70. The van der Waals surface area contributed by atoms with Crippen LogP contribution in [-0.4, -0.2) is 50.7 Å². The van der Waals surface area contributed by atoms with Crippen LogP contribution in [0.15, 0.2) is 0 Å². The third kappa shape index (κ3) is 6.08. The van der Waals surface area contributed by atoms with Crippen molar-refractivity contribution in [3.63, 3.8) is 0 Å². The summed E-state index contributed by atoms with van der Waals surface area (Å²) < 4.78 is 5.52. The van der Waals surface area contributed by atoms with Crippen LogP contribution in [-0.2, 0) is 9.53 Å². The molecular formula is C12H24N2O2. The van der Waals surface area contributed by atoms with Crippen molar-refractivity contribution in [2.24, 2.45) is 0 Å². The van der Waals surface area contributed by atoms with E-state index in [1.165, 1.54) is 6.42 Å². The van der Waals surface area contributed by atoms with E-state index in [9.17, 15) is 4.79 Å². The third-order valence-electron chi connectivity index (χ3n) is 2.79. The molecule has 0 aromatic heterocycles. The predicted molar refractivity (Wildman–Crippen MR) is 64.4 cm³/mol. The molecule has 1 aliphatic heterocycles. The van der Waals surface area contributed by atoms with Crippen molar-refractivity contribution < 1.29 is 9.53 Å². The first-order chi connectivity index (χ1) is 7.68. The van der Waals surface area contributed by atoms with Crippen LogP contribution >= 0.6 is 0 Å². The SMILES string of the molecule is CN(C)CCCNC(=O)CC1CCCCO1. The van der Waals surface area contributed by atoms with E-state index in [2.05, 4.69) is 10.2 Å². The van der Waals surface area contributed by atoms with E-state index in [-0.39, 0.29) is 12.0 Å². The Morgan fingerprint density at radius 3 is 2.88 bits per heavy atom. The molecule has 1 amide bonds. The first-order valence-electron chi connectivity index (χ1n) is 6.21. The second-order valence-corrected chi connectivity index (χ2v) is 4.70. The minimum absolute atomic E-state index is 0.130. The maximum Gasteiger partial charge on any atom is 0.222 e. The summed E-state index contributed by atoms with van der Waals surface area (Å²) in [4.78, 5) is 13.7. The molecule has 0 saturated carbocycles. The molecule has 0 aromatic rings. The Bertz CT molecular complexity index is 201. The highest BCUT2D eigenvalue weighted by Gasteiger charge is 2.16. The van der Waals surface area contributed by atoms with Crippen molar-refractivity contribution in [1.29, 1.82) is 0 Å². The van der Waals surface area contributed by atoms with Crippen molar-refractivity contribution in [1.82, 2.24) is 10.2 Å². The number of carbonyl (C=O) groups is 1. The first-order valence-corrected chi connectivity index (χ1v) is 6.21. The van der Waals surface area contributed by atoms with Crippen LogP contribution in [0.3, 0.4) is 0 Å². The summed E-state index contributed by atoms with van der Waals surface area (Å²) >= 11 is 0. The van der Waals surface area contributed by atoms with Crippen molar-refractivity contribution >= 4 is 5.91 Å². The van der Waals surface area contributed by atoms with E-state index >= 15 is 0 Å². The first kappa shape index (κ1) is 13.5. The second kappa shape index (κ2) is 7.63. The molecule has 1 rings (SSSR count). The van der Waals surface area contributed by atoms with Crippen molar-refractivity contribution in [3.8, 4) is 0 Å². The minimum atomic E-state index is 0.130. The van der Waals surface area contributed by atoms with Gasteiger partial charge in [0.05, 0.1) is 12.5 Å². The quantitative estimate of drug-likeness (QED) is 0.690. The molecule has 0 spiro atoms. The maximum atomic E-state index is 11.6. The molecule has 1 saturated heterocycles. The average Bonchev–Trinajstić information content (AvgIpc) is 2.25. The smallest absolute Gasteiger partial charge is 0.222 e. The molecule has 0 aliphatic carbocycles. The number of hydrogen-bond donors (Lipinski definition) is 1. The zero-order valence-electron chi connectivity index (χ0n) is 10.5. The molecule has 16 heavy (non-hydrogen) atoms. The van der Waals surface area contributed by atoms with Crippen LogP contribution in [0, 0.1) is 0 Å². The fourth-order valence-electron chi connectivity index (χ4n) is 1.87. The summed E-state index contributed by atoms with van der Waals surface area (Å²) in [6, 6.07) is 0. The summed E-state index contributed by atoms with van der Waals surface area (Å²) in [5.74, 6) is 0.130. The molecule has 0 aromatic carbocycles. The van der Waals surface area contributed by atoms with Gasteiger partial charge in [0.2, 0.25) is 5.91 Å². The molecule has 1 aliphatic rings. The van der Waals surface area contributed by atoms with Crippen LogP contribution in [0.4, 0.5) is 0 Å². The number of rotatable bonds is 6. The Kier molecular flexibility index (Phi) is 6.42. The van der Waals surface area contributed by atoms with Gasteiger partial charge in [0.25, 0.3) is 0 Å². The average molecular weight is 228 g/mol. The van der Waals surface area contributed by atoms with Crippen molar-refractivity contribution in [2.75, 3.05) is 33.8 Å². The maximum absolute atomic E-state index is 11.6. The third-order valence-corrected chi connectivity index (χ3v) is 2.79. The van der Waals surface area contributed by atoms with E-state index in [4.69, 9.17) is 4.74 Å². The Labute approximate surface area is 98.3 Å². The molecule has 0 radical (unpaired) electrons. The van der Waals surface area contributed by atoms with Gasteiger partial charge in [0.15, 0.2) is 0 Å². The highest BCUT2D eigenvalue weighted by Crippen LogP contribution is 2.15. The molecule has 1 unspecified atom stereocenters. The van der Waals surface area contributed by atoms with Gasteiger partial charge < -0.3 is 15.0 Å². The highest BCUT2D eigenvalue weighted by atomic mass is 16.5. The molecule has 1 heterocycles. The van der Waals surface area contributed by atoms with Gasteiger partial charge in [-0.1, -0.05) is 0 Å². The van der Waals surface area contributed by atoms with Gasteiger partial charge in [-0.05, 0) is 46.3 Å².